The highest BCUT2D eigenvalue weighted by atomic mass is 19.1. The lowest BCUT2D eigenvalue weighted by Gasteiger charge is -2.21. The molecule has 0 saturated carbocycles. The Morgan fingerprint density at radius 1 is 1.40 bits per heavy atom. The van der Waals surface area contributed by atoms with Crippen molar-refractivity contribution in [1.82, 2.24) is 5.32 Å². The molecule has 0 bridgehead atoms. The van der Waals surface area contributed by atoms with Crippen LogP contribution in [0.3, 0.4) is 0 Å². The Hall–Kier alpha value is -1.33. The van der Waals surface area contributed by atoms with Crippen LogP contribution in [-0.4, -0.2) is 37.5 Å². The smallest absolute Gasteiger partial charge is 0.408 e. The summed E-state index contributed by atoms with van der Waals surface area (Å²) < 4.78 is 21.4. The van der Waals surface area contributed by atoms with Gasteiger partial charge in [-0.3, -0.25) is 0 Å². The highest BCUT2D eigenvalue weighted by Gasteiger charge is 2.24. The van der Waals surface area contributed by atoms with Gasteiger partial charge in [0.25, 0.3) is 0 Å². The molecule has 0 fully saturated rings. The van der Waals surface area contributed by atoms with E-state index in [-0.39, 0.29) is 0 Å². The first-order valence-electron chi connectivity index (χ1n) is 4.43. The summed E-state index contributed by atoms with van der Waals surface area (Å²) in [6.07, 6.45) is -0.851. The first kappa shape index (κ1) is 13.7. The average molecular weight is 221 g/mol. The molecule has 0 aromatic heterocycles. The van der Waals surface area contributed by atoms with E-state index in [9.17, 15) is 14.0 Å². The first-order chi connectivity index (χ1) is 6.80. The molecule has 0 aliphatic heterocycles. The normalized spacial score (nSPS) is 12.9. The van der Waals surface area contributed by atoms with Crippen molar-refractivity contribution in [2.24, 2.45) is 0 Å². The largest absolute Gasteiger partial charge is 0.467 e. The van der Waals surface area contributed by atoms with E-state index in [4.69, 9.17) is 4.74 Å². The van der Waals surface area contributed by atoms with Crippen molar-refractivity contribution in [1.29, 1.82) is 0 Å². The van der Waals surface area contributed by atoms with Crippen molar-refractivity contribution in [2.75, 3.05) is 13.8 Å². The number of rotatable bonds is 3. The molecule has 0 aromatic carbocycles. The van der Waals surface area contributed by atoms with Gasteiger partial charge < -0.3 is 14.8 Å². The van der Waals surface area contributed by atoms with Gasteiger partial charge in [-0.05, 0) is 20.8 Å². The lowest BCUT2D eigenvalue weighted by molar-refractivity contribution is -0.143. The minimum Gasteiger partial charge on any atom is -0.467 e. The Kier molecular flexibility index (Phi) is 5.04. The van der Waals surface area contributed by atoms with Gasteiger partial charge in [-0.2, -0.15) is 0 Å². The average Bonchev–Trinajstić information content (AvgIpc) is 2.10. The quantitative estimate of drug-likeness (QED) is 0.723. The Labute approximate surface area is 87.9 Å². The summed E-state index contributed by atoms with van der Waals surface area (Å²) in [4.78, 5) is 22.1. The number of amides is 1. The first-order valence-corrected chi connectivity index (χ1v) is 4.43. The Morgan fingerprint density at radius 3 is 2.27 bits per heavy atom. The van der Waals surface area contributed by atoms with Crippen molar-refractivity contribution in [2.45, 2.75) is 32.4 Å². The molecule has 0 radical (unpaired) electrons. The van der Waals surface area contributed by atoms with Crippen molar-refractivity contribution in [3.63, 3.8) is 0 Å². The second kappa shape index (κ2) is 5.53. The van der Waals surface area contributed by atoms with Crippen LogP contribution in [0, 0.1) is 0 Å². The highest BCUT2D eigenvalue weighted by molar-refractivity contribution is 5.81. The number of halogens is 1. The third kappa shape index (κ3) is 5.87. The fourth-order valence-electron chi connectivity index (χ4n) is 0.753. The maximum Gasteiger partial charge on any atom is 0.408 e. The topological polar surface area (TPSA) is 64.6 Å². The molecule has 1 atom stereocenters. The van der Waals surface area contributed by atoms with Crippen LogP contribution >= 0.6 is 0 Å². The fourth-order valence-corrected chi connectivity index (χ4v) is 0.753. The predicted octanol–water partition coefficient (Wildman–Crippen LogP) is 1.02. The van der Waals surface area contributed by atoms with E-state index in [2.05, 4.69) is 10.1 Å². The number of carbonyl (C=O) groups excluding carboxylic acids is 2. The summed E-state index contributed by atoms with van der Waals surface area (Å²) in [7, 11) is 1.11. The van der Waals surface area contributed by atoms with Gasteiger partial charge in [0, 0.05) is 0 Å². The van der Waals surface area contributed by atoms with E-state index >= 15 is 0 Å². The van der Waals surface area contributed by atoms with Crippen LogP contribution in [0.5, 0.6) is 0 Å². The van der Waals surface area contributed by atoms with Crippen LogP contribution in [0.2, 0.25) is 0 Å². The zero-order chi connectivity index (χ0) is 12.1. The molecule has 1 unspecified atom stereocenters. The molecule has 0 heterocycles. The minimum absolute atomic E-state index is 0.693. The fraction of sp³-hybridized carbons (Fsp3) is 0.778. The number of nitrogens with one attached hydrogen (secondary N) is 1. The molecular weight excluding hydrogens is 205 g/mol. The van der Waals surface area contributed by atoms with E-state index < -0.39 is 30.4 Å². The van der Waals surface area contributed by atoms with E-state index in [1.54, 1.807) is 20.8 Å². The molecule has 88 valence electrons. The molecule has 15 heavy (non-hydrogen) atoms. The summed E-state index contributed by atoms with van der Waals surface area (Å²) in [6.45, 7) is 3.95. The zero-order valence-electron chi connectivity index (χ0n) is 9.30. The second-order valence-corrected chi connectivity index (χ2v) is 3.88. The molecule has 6 heteroatoms. The standard InChI is InChI=1S/C9H16FNO4/c1-9(2,3)15-8(13)11-6(5-10)7(12)14-4/h6H,5H2,1-4H3,(H,11,13). The van der Waals surface area contributed by atoms with Crippen molar-refractivity contribution in [3.8, 4) is 0 Å². The van der Waals surface area contributed by atoms with Gasteiger partial charge in [0.05, 0.1) is 7.11 Å². The van der Waals surface area contributed by atoms with Crippen LogP contribution in [0.4, 0.5) is 9.18 Å². The van der Waals surface area contributed by atoms with Gasteiger partial charge in [0.15, 0.2) is 6.04 Å². The number of hydrogen-bond donors (Lipinski definition) is 1. The molecule has 0 aliphatic rings. The van der Waals surface area contributed by atoms with Crippen LogP contribution < -0.4 is 5.32 Å². The third-order valence-electron chi connectivity index (χ3n) is 1.33. The predicted molar refractivity (Wildman–Crippen MR) is 51.1 cm³/mol. The second-order valence-electron chi connectivity index (χ2n) is 3.88. The molecule has 0 aromatic rings. The number of methoxy groups -OCH3 is 1. The number of alkyl halides is 1. The van der Waals surface area contributed by atoms with Crippen LogP contribution in [0.25, 0.3) is 0 Å². The molecule has 0 rings (SSSR count). The lowest BCUT2D eigenvalue weighted by Crippen LogP contribution is -2.45. The summed E-state index contributed by atoms with van der Waals surface area (Å²) in [6, 6.07) is -1.31. The van der Waals surface area contributed by atoms with Crippen molar-refractivity contribution in [3.05, 3.63) is 0 Å². The van der Waals surface area contributed by atoms with Gasteiger partial charge in [-0.25, -0.2) is 14.0 Å². The molecule has 0 saturated heterocycles. The highest BCUT2D eigenvalue weighted by Crippen LogP contribution is 2.06. The van der Waals surface area contributed by atoms with Gasteiger partial charge in [0.1, 0.15) is 12.3 Å². The van der Waals surface area contributed by atoms with Gasteiger partial charge in [-0.1, -0.05) is 0 Å². The molecule has 1 amide bonds. The summed E-state index contributed by atoms with van der Waals surface area (Å²) in [5.41, 5.74) is -0.693. The monoisotopic (exact) mass is 221 g/mol. The number of hydrogen-bond acceptors (Lipinski definition) is 4. The minimum atomic E-state index is -1.31. The Balaban J connectivity index is 4.20. The van der Waals surface area contributed by atoms with E-state index in [1.165, 1.54) is 0 Å². The van der Waals surface area contributed by atoms with Gasteiger partial charge in [0.2, 0.25) is 0 Å². The summed E-state index contributed by atoms with van der Waals surface area (Å²) in [5, 5.41) is 2.06. The maximum absolute atomic E-state index is 12.3. The van der Waals surface area contributed by atoms with E-state index in [0.29, 0.717) is 0 Å². The molecule has 1 N–H and O–H groups in total. The number of carbonyl (C=O) groups is 2. The van der Waals surface area contributed by atoms with E-state index in [1.807, 2.05) is 0 Å². The lowest BCUT2D eigenvalue weighted by atomic mass is 10.2. The molecule has 5 nitrogen and oxygen atoms in total. The third-order valence-corrected chi connectivity index (χ3v) is 1.33. The summed E-state index contributed by atoms with van der Waals surface area (Å²) in [5.74, 6) is -0.844. The van der Waals surface area contributed by atoms with Gasteiger partial charge in [-0.15, -0.1) is 0 Å². The summed E-state index contributed by atoms with van der Waals surface area (Å²) >= 11 is 0. The number of alkyl carbamates (subject to hydrolysis) is 1. The van der Waals surface area contributed by atoms with Crippen molar-refractivity contribution < 1.29 is 23.5 Å². The van der Waals surface area contributed by atoms with E-state index in [0.717, 1.165) is 7.11 Å². The van der Waals surface area contributed by atoms with Crippen LogP contribution in [0.15, 0.2) is 0 Å². The maximum atomic E-state index is 12.3. The van der Waals surface area contributed by atoms with Crippen LogP contribution in [-0.2, 0) is 14.3 Å². The molecule has 0 spiro atoms. The zero-order valence-corrected chi connectivity index (χ0v) is 9.30. The van der Waals surface area contributed by atoms with Crippen molar-refractivity contribution >= 4 is 12.1 Å². The molecule has 0 aliphatic carbocycles. The van der Waals surface area contributed by atoms with Gasteiger partial charge >= 0.3 is 12.1 Å². The van der Waals surface area contributed by atoms with Crippen LogP contribution in [0.1, 0.15) is 20.8 Å². The Morgan fingerprint density at radius 2 is 1.93 bits per heavy atom. The molecular formula is C9H16FNO4. The number of ether oxygens (including phenoxy) is 2. The number of esters is 1. The SMILES string of the molecule is COC(=O)C(CF)NC(=O)OC(C)(C)C. The Bertz CT molecular complexity index is 237.